The molecule has 1 heterocycles. The number of rotatable bonds is 5. The third-order valence-corrected chi connectivity index (χ3v) is 5.48. The van der Waals surface area contributed by atoms with E-state index in [1.165, 1.54) is 4.31 Å². The fourth-order valence-electron chi connectivity index (χ4n) is 2.25. The third kappa shape index (κ3) is 3.42. The van der Waals surface area contributed by atoms with Gasteiger partial charge < -0.3 is 5.11 Å². The number of carboxylic acids is 1. The monoisotopic (exact) mass is 261 g/mol. The SMILES string of the molecule is O=C(O)C1CCCN(S(=O)(=O)CCC2CC2)C1. The summed E-state index contributed by atoms with van der Waals surface area (Å²) in [4.78, 5) is 10.9. The van der Waals surface area contributed by atoms with Crippen molar-refractivity contribution in [3.8, 4) is 0 Å². The van der Waals surface area contributed by atoms with Crippen LogP contribution < -0.4 is 0 Å². The summed E-state index contributed by atoms with van der Waals surface area (Å²) >= 11 is 0. The molecule has 0 amide bonds. The molecule has 0 bridgehead atoms. The van der Waals surface area contributed by atoms with Gasteiger partial charge in [-0.25, -0.2) is 12.7 Å². The standard InChI is InChI=1S/C11H19NO4S/c13-11(14)10-2-1-6-12(8-10)17(15,16)7-5-9-3-4-9/h9-10H,1-8H2,(H,13,14). The lowest BCUT2D eigenvalue weighted by atomic mass is 10.0. The van der Waals surface area contributed by atoms with E-state index in [4.69, 9.17) is 5.11 Å². The first-order valence-electron chi connectivity index (χ1n) is 6.19. The molecule has 1 saturated carbocycles. The van der Waals surface area contributed by atoms with Crippen LogP contribution in [0.25, 0.3) is 0 Å². The molecule has 0 aromatic heterocycles. The Hall–Kier alpha value is -0.620. The zero-order chi connectivity index (χ0) is 12.5. The first-order chi connectivity index (χ1) is 7.99. The highest BCUT2D eigenvalue weighted by atomic mass is 32.2. The number of carboxylic acid groups (broad SMARTS) is 1. The van der Waals surface area contributed by atoms with Crippen molar-refractivity contribution in [2.75, 3.05) is 18.8 Å². The summed E-state index contributed by atoms with van der Waals surface area (Å²) in [5.74, 6) is -0.638. The van der Waals surface area contributed by atoms with Crippen molar-refractivity contribution in [2.24, 2.45) is 11.8 Å². The molecule has 0 spiro atoms. The summed E-state index contributed by atoms with van der Waals surface area (Å²) in [7, 11) is -3.23. The average Bonchev–Trinajstić information content (AvgIpc) is 3.10. The second-order valence-electron chi connectivity index (χ2n) is 5.08. The molecule has 5 nitrogen and oxygen atoms in total. The van der Waals surface area contributed by atoms with Crippen LogP contribution in [-0.4, -0.2) is 42.6 Å². The van der Waals surface area contributed by atoms with Crippen LogP contribution in [0.4, 0.5) is 0 Å². The Balaban J connectivity index is 1.92. The van der Waals surface area contributed by atoms with E-state index in [9.17, 15) is 13.2 Å². The summed E-state index contributed by atoms with van der Waals surface area (Å²) in [5.41, 5.74) is 0. The van der Waals surface area contributed by atoms with Crippen LogP contribution in [0.1, 0.15) is 32.1 Å². The topological polar surface area (TPSA) is 74.7 Å². The first-order valence-corrected chi connectivity index (χ1v) is 7.80. The predicted octanol–water partition coefficient (Wildman–Crippen LogP) is 0.913. The van der Waals surface area contributed by atoms with Gasteiger partial charge in [0, 0.05) is 13.1 Å². The van der Waals surface area contributed by atoms with Gasteiger partial charge in [-0.2, -0.15) is 0 Å². The average molecular weight is 261 g/mol. The predicted molar refractivity (Wildman–Crippen MR) is 63.1 cm³/mol. The number of piperidine rings is 1. The van der Waals surface area contributed by atoms with Crippen molar-refractivity contribution in [1.82, 2.24) is 4.31 Å². The maximum Gasteiger partial charge on any atom is 0.307 e. The molecule has 2 aliphatic rings. The molecule has 1 aliphatic heterocycles. The Labute approximate surface area is 102 Å². The van der Waals surface area contributed by atoms with E-state index in [1.807, 2.05) is 0 Å². The highest BCUT2D eigenvalue weighted by Crippen LogP contribution is 2.33. The Morgan fingerprint density at radius 1 is 1.29 bits per heavy atom. The Morgan fingerprint density at radius 3 is 2.59 bits per heavy atom. The van der Waals surface area contributed by atoms with Crippen LogP contribution >= 0.6 is 0 Å². The lowest BCUT2D eigenvalue weighted by molar-refractivity contribution is -0.142. The molecule has 1 aliphatic carbocycles. The van der Waals surface area contributed by atoms with E-state index in [0.717, 1.165) is 19.3 Å². The van der Waals surface area contributed by atoms with E-state index in [1.54, 1.807) is 0 Å². The maximum absolute atomic E-state index is 12.0. The van der Waals surface area contributed by atoms with Crippen molar-refractivity contribution in [2.45, 2.75) is 32.1 Å². The molecule has 2 fully saturated rings. The zero-order valence-corrected chi connectivity index (χ0v) is 10.7. The molecule has 2 rings (SSSR count). The molecule has 17 heavy (non-hydrogen) atoms. The van der Waals surface area contributed by atoms with Gasteiger partial charge in [0.2, 0.25) is 10.0 Å². The number of aliphatic carboxylic acids is 1. The normalized spacial score (nSPS) is 26.9. The molecule has 1 atom stereocenters. The number of hydrogen-bond donors (Lipinski definition) is 1. The van der Waals surface area contributed by atoms with Crippen molar-refractivity contribution in [1.29, 1.82) is 0 Å². The van der Waals surface area contributed by atoms with Gasteiger partial charge in [-0.3, -0.25) is 4.79 Å². The molecule has 6 heteroatoms. The number of sulfonamides is 1. The van der Waals surface area contributed by atoms with E-state index in [-0.39, 0.29) is 12.3 Å². The Bertz CT molecular complexity index is 388. The molecular weight excluding hydrogens is 242 g/mol. The molecular formula is C11H19NO4S. The third-order valence-electron chi connectivity index (χ3n) is 3.61. The fourth-order valence-corrected chi connectivity index (χ4v) is 3.95. The highest BCUT2D eigenvalue weighted by molar-refractivity contribution is 7.89. The smallest absolute Gasteiger partial charge is 0.307 e. The molecule has 1 N–H and O–H groups in total. The van der Waals surface area contributed by atoms with Crippen LogP contribution in [-0.2, 0) is 14.8 Å². The van der Waals surface area contributed by atoms with Gasteiger partial charge in [0.05, 0.1) is 11.7 Å². The van der Waals surface area contributed by atoms with Gasteiger partial charge in [-0.05, 0) is 25.2 Å². The number of nitrogens with zero attached hydrogens (tertiary/aromatic N) is 1. The van der Waals surface area contributed by atoms with Crippen molar-refractivity contribution >= 4 is 16.0 Å². The maximum atomic E-state index is 12.0. The second kappa shape index (κ2) is 4.94. The van der Waals surface area contributed by atoms with Crippen molar-refractivity contribution < 1.29 is 18.3 Å². The summed E-state index contributed by atoms with van der Waals surface area (Å²) in [6.45, 7) is 0.638. The molecule has 1 unspecified atom stereocenters. The van der Waals surface area contributed by atoms with Crippen LogP contribution in [0, 0.1) is 11.8 Å². The van der Waals surface area contributed by atoms with E-state index >= 15 is 0 Å². The Kier molecular flexibility index (Phi) is 3.73. The van der Waals surface area contributed by atoms with Crippen molar-refractivity contribution in [3.63, 3.8) is 0 Å². The van der Waals surface area contributed by atoms with Crippen LogP contribution in [0.15, 0.2) is 0 Å². The minimum atomic E-state index is -3.23. The van der Waals surface area contributed by atoms with Crippen LogP contribution in [0.3, 0.4) is 0 Å². The van der Waals surface area contributed by atoms with Crippen molar-refractivity contribution in [3.05, 3.63) is 0 Å². The molecule has 0 aromatic rings. The molecule has 0 radical (unpaired) electrons. The lowest BCUT2D eigenvalue weighted by Crippen LogP contribution is -2.43. The minimum absolute atomic E-state index is 0.155. The van der Waals surface area contributed by atoms with E-state index < -0.39 is 21.9 Å². The van der Waals surface area contributed by atoms with E-state index in [2.05, 4.69) is 0 Å². The quantitative estimate of drug-likeness (QED) is 0.798. The molecule has 1 saturated heterocycles. The van der Waals surface area contributed by atoms with Crippen LogP contribution in [0.5, 0.6) is 0 Å². The highest BCUT2D eigenvalue weighted by Gasteiger charge is 2.33. The van der Waals surface area contributed by atoms with Gasteiger partial charge in [0.1, 0.15) is 0 Å². The fraction of sp³-hybridized carbons (Fsp3) is 0.909. The summed E-state index contributed by atoms with van der Waals surface area (Å²) in [5, 5.41) is 8.93. The minimum Gasteiger partial charge on any atom is -0.481 e. The number of hydrogen-bond acceptors (Lipinski definition) is 3. The molecule has 98 valence electrons. The molecule has 0 aromatic carbocycles. The van der Waals surface area contributed by atoms with Gasteiger partial charge in [-0.1, -0.05) is 12.8 Å². The lowest BCUT2D eigenvalue weighted by Gasteiger charge is -2.29. The van der Waals surface area contributed by atoms with Gasteiger partial charge in [-0.15, -0.1) is 0 Å². The summed E-state index contributed by atoms with van der Waals surface area (Å²) in [6.07, 6.45) is 4.26. The largest absolute Gasteiger partial charge is 0.481 e. The number of carbonyl (C=O) groups is 1. The Morgan fingerprint density at radius 2 is 2.00 bits per heavy atom. The van der Waals surface area contributed by atoms with Gasteiger partial charge >= 0.3 is 5.97 Å². The van der Waals surface area contributed by atoms with Gasteiger partial charge in [0.25, 0.3) is 0 Å². The second-order valence-corrected chi connectivity index (χ2v) is 7.17. The summed E-state index contributed by atoms with van der Waals surface area (Å²) in [6, 6.07) is 0. The van der Waals surface area contributed by atoms with Crippen LogP contribution in [0.2, 0.25) is 0 Å². The van der Waals surface area contributed by atoms with E-state index in [0.29, 0.717) is 25.3 Å². The van der Waals surface area contributed by atoms with Gasteiger partial charge in [0.15, 0.2) is 0 Å². The summed E-state index contributed by atoms with van der Waals surface area (Å²) < 4.78 is 25.4. The zero-order valence-electron chi connectivity index (χ0n) is 9.84. The first kappa shape index (κ1) is 12.8.